The summed E-state index contributed by atoms with van der Waals surface area (Å²) in [5, 5.41) is 4.98. The summed E-state index contributed by atoms with van der Waals surface area (Å²) >= 11 is 1.70. The van der Waals surface area contributed by atoms with Crippen LogP contribution in [0.5, 0.6) is 5.75 Å². The molecule has 0 spiro atoms. The molecule has 0 aliphatic carbocycles. The van der Waals surface area contributed by atoms with Crippen molar-refractivity contribution in [3.05, 3.63) is 71.1 Å². The minimum atomic E-state index is -0.0108. The van der Waals surface area contributed by atoms with E-state index >= 15 is 0 Å². The van der Waals surface area contributed by atoms with Gasteiger partial charge in [-0.15, -0.1) is 0 Å². The summed E-state index contributed by atoms with van der Waals surface area (Å²) in [6, 6.07) is 15.6. The molecule has 0 N–H and O–H groups in total. The maximum absolute atomic E-state index is 13.3. The van der Waals surface area contributed by atoms with Gasteiger partial charge in [0.2, 0.25) is 0 Å². The Morgan fingerprint density at radius 3 is 2.56 bits per heavy atom. The number of para-hydroxylation sites is 2. The van der Waals surface area contributed by atoms with E-state index in [1.807, 2.05) is 61.2 Å². The third-order valence-electron chi connectivity index (χ3n) is 5.79. The molecule has 0 atom stereocenters. The predicted octanol–water partition coefficient (Wildman–Crippen LogP) is 4.44. The van der Waals surface area contributed by atoms with Crippen LogP contribution in [0.4, 0.5) is 5.13 Å². The first-order chi connectivity index (χ1) is 15.6. The van der Waals surface area contributed by atoms with Crippen molar-refractivity contribution < 1.29 is 14.1 Å². The van der Waals surface area contributed by atoms with Gasteiger partial charge in [-0.1, -0.05) is 40.8 Å². The molecule has 0 radical (unpaired) electrons. The second kappa shape index (κ2) is 8.63. The van der Waals surface area contributed by atoms with E-state index < -0.39 is 0 Å². The zero-order valence-electron chi connectivity index (χ0n) is 18.1. The fourth-order valence-corrected chi connectivity index (χ4v) is 4.91. The molecule has 1 amide bonds. The van der Waals surface area contributed by atoms with Gasteiger partial charge in [0, 0.05) is 26.2 Å². The van der Waals surface area contributed by atoms with Gasteiger partial charge in [0.15, 0.2) is 5.13 Å². The Kier molecular flexibility index (Phi) is 5.53. The lowest BCUT2D eigenvalue weighted by Crippen LogP contribution is -2.48. The van der Waals surface area contributed by atoms with Crippen molar-refractivity contribution in [1.82, 2.24) is 15.0 Å². The van der Waals surface area contributed by atoms with E-state index in [4.69, 9.17) is 14.2 Å². The standard InChI is InChI=1S/C24H24N4O3S/c1-16-19(17(2)31-26-16)15-30-21-9-5-3-7-18(21)23(29)27-11-13-28(14-12-27)24-25-20-8-4-6-10-22(20)32-24/h3-10H,11-15H2,1-2H3. The van der Waals surface area contributed by atoms with Crippen molar-refractivity contribution in [2.24, 2.45) is 0 Å². The van der Waals surface area contributed by atoms with Crippen LogP contribution in [0.15, 0.2) is 53.1 Å². The molecule has 3 heterocycles. The number of rotatable bonds is 5. The Bertz CT molecular complexity index is 1200. The Morgan fingerprint density at radius 1 is 1.06 bits per heavy atom. The molecule has 4 aromatic rings. The van der Waals surface area contributed by atoms with Gasteiger partial charge in [0.05, 0.1) is 27.0 Å². The van der Waals surface area contributed by atoms with E-state index in [-0.39, 0.29) is 5.91 Å². The van der Waals surface area contributed by atoms with Gasteiger partial charge < -0.3 is 19.1 Å². The number of hydrogen-bond donors (Lipinski definition) is 0. The largest absolute Gasteiger partial charge is 0.488 e. The molecule has 0 bridgehead atoms. The van der Waals surface area contributed by atoms with Crippen LogP contribution in [0.3, 0.4) is 0 Å². The van der Waals surface area contributed by atoms with Crippen LogP contribution in [-0.2, 0) is 6.61 Å². The number of fused-ring (bicyclic) bond motifs is 1. The molecule has 7 nitrogen and oxygen atoms in total. The second-order valence-electron chi connectivity index (χ2n) is 7.83. The van der Waals surface area contributed by atoms with Crippen LogP contribution in [-0.4, -0.2) is 47.1 Å². The summed E-state index contributed by atoms with van der Waals surface area (Å²) in [6.45, 7) is 6.87. The molecule has 8 heteroatoms. The number of amides is 1. The van der Waals surface area contributed by atoms with Crippen molar-refractivity contribution in [3.63, 3.8) is 0 Å². The highest BCUT2D eigenvalue weighted by Gasteiger charge is 2.26. The fraction of sp³-hybridized carbons (Fsp3) is 0.292. The summed E-state index contributed by atoms with van der Waals surface area (Å²) in [4.78, 5) is 22.2. The van der Waals surface area contributed by atoms with Crippen molar-refractivity contribution in [2.45, 2.75) is 20.5 Å². The molecule has 1 saturated heterocycles. The number of ether oxygens (including phenoxy) is 1. The zero-order valence-corrected chi connectivity index (χ0v) is 18.9. The van der Waals surface area contributed by atoms with Crippen molar-refractivity contribution in [3.8, 4) is 5.75 Å². The van der Waals surface area contributed by atoms with Gasteiger partial charge >= 0.3 is 0 Å². The quantitative estimate of drug-likeness (QED) is 0.449. The lowest BCUT2D eigenvalue weighted by molar-refractivity contribution is 0.0742. The molecular weight excluding hydrogens is 424 g/mol. The summed E-state index contributed by atoms with van der Waals surface area (Å²) in [5.74, 6) is 1.30. The number of carbonyl (C=O) groups excluding carboxylic acids is 1. The van der Waals surface area contributed by atoms with E-state index in [2.05, 4.69) is 16.1 Å². The molecule has 32 heavy (non-hydrogen) atoms. The molecule has 0 unspecified atom stereocenters. The summed E-state index contributed by atoms with van der Waals surface area (Å²) in [5.41, 5.74) is 3.32. The Morgan fingerprint density at radius 2 is 1.81 bits per heavy atom. The van der Waals surface area contributed by atoms with E-state index in [1.54, 1.807) is 11.3 Å². The number of carbonyl (C=O) groups is 1. The first-order valence-corrected chi connectivity index (χ1v) is 11.4. The summed E-state index contributed by atoms with van der Waals surface area (Å²) in [6.07, 6.45) is 0. The van der Waals surface area contributed by atoms with Gasteiger partial charge in [-0.3, -0.25) is 4.79 Å². The average Bonchev–Trinajstić information content (AvgIpc) is 3.40. The number of piperazine rings is 1. The first-order valence-electron chi connectivity index (χ1n) is 10.6. The van der Waals surface area contributed by atoms with E-state index in [0.717, 1.165) is 40.8 Å². The van der Waals surface area contributed by atoms with E-state index in [1.165, 1.54) is 4.70 Å². The van der Waals surface area contributed by atoms with Gasteiger partial charge in [-0.25, -0.2) is 4.98 Å². The van der Waals surface area contributed by atoms with Gasteiger partial charge in [-0.05, 0) is 38.1 Å². The van der Waals surface area contributed by atoms with Gasteiger partial charge in [0.25, 0.3) is 5.91 Å². The minimum Gasteiger partial charge on any atom is -0.488 e. The Balaban J connectivity index is 1.26. The van der Waals surface area contributed by atoms with Crippen LogP contribution in [0, 0.1) is 13.8 Å². The molecule has 5 rings (SSSR count). The summed E-state index contributed by atoms with van der Waals surface area (Å²) < 4.78 is 12.4. The van der Waals surface area contributed by atoms with Crippen molar-refractivity contribution in [2.75, 3.05) is 31.1 Å². The SMILES string of the molecule is Cc1noc(C)c1COc1ccccc1C(=O)N1CCN(c2nc3ccccc3s2)CC1. The third-order valence-corrected chi connectivity index (χ3v) is 6.89. The normalized spacial score (nSPS) is 14.2. The van der Waals surface area contributed by atoms with E-state index in [0.29, 0.717) is 31.0 Å². The highest BCUT2D eigenvalue weighted by Crippen LogP contribution is 2.30. The Hall–Kier alpha value is -3.39. The Labute approximate surface area is 190 Å². The minimum absolute atomic E-state index is 0.0108. The van der Waals surface area contributed by atoms with Crippen LogP contribution >= 0.6 is 11.3 Å². The summed E-state index contributed by atoms with van der Waals surface area (Å²) in [7, 11) is 0. The average molecular weight is 449 g/mol. The van der Waals surface area contributed by atoms with Crippen LogP contribution in [0.1, 0.15) is 27.4 Å². The fourth-order valence-electron chi connectivity index (χ4n) is 3.89. The molecule has 164 valence electrons. The lowest BCUT2D eigenvalue weighted by atomic mass is 10.1. The molecule has 1 aliphatic heterocycles. The van der Waals surface area contributed by atoms with Crippen molar-refractivity contribution >= 4 is 32.6 Å². The number of aromatic nitrogens is 2. The van der Waals surface area contributed by atoms with E-state index in [9.17, 15) is 4.79 Å². The lowest BCUT2D eigenvalue weighted by Gasteiger charge is -2.34. The molecule has 2 aromatic heterocycles. The highest BCUT2D eigenvalue weighted by molar-refractivity contribution is 7.22. The molecule has 2 aromatic carbocycles. The third kappa shape index (κ3) is 3.93. The number of anilines is 1. The molecule has 1 aliphatic rings. The second-order valence-corrected chi connectivity index (χ2v) is 8.84. The smallest absolute Gasteiger partial charge is 0.257 e. The monoisotopic (exact) mass is 448 g/mol. The number of benzene rings is 2. The highest BCUT2D eigenvalue weighted by atomic mass is 32.1. The molecule has 0 saturated carbocycles. The number of nitrogens with zero attached hydrogens (tertiary/aromatic N) is 4. The van der Waals surface area contributed by atoms with Crippen LogP contribution < -0.4 is 9.64 Å². The zero-order chi connectivity index (χ0) is 22.1. The van der Waals surface area contributed by atoms with Crippen molar-refractivity contribution in [1.29, 1.82) is 0 Å². The number of thiazole rings is 1. The maximum Gasteiger partial charge on any atom is 0.257 e. The van der Waals surface area contributed by atoms with Gasteiger partial charge in [-0.2, -0.15) is 0 Å². The number of aryl methyl sites for hydroxylation is 2. The van der Waals surface area contributed by atoms with Gasteiger partial charge in [0.1, 0.15) is 18.1 Å². The van der Waals surface area contributed by atoms with Crippen LogP contribution in [0.2, 0.25) is 0 Å². The maximum atomic E-state index is 13.3. The topological polar surface area (TPSA) is 71.7 Å². The number of hydrogen-bond acceptors (Lipinski definition) is 7. The molecular formula is C24H24N4O3S. The predicted molar refractivity (Wildman–Crippen MR) is 124 cm³/mol. The van der Waals surface area contributed by atoms with Crippen LogP contribution in [0.25, 0.3) is 10.2 Å². The first kappa shape index (κ1) is 20.5. The molecule has 1 fully saturated rings.